The van der Waals surface area contributed by atoms with Crippen molar-refractivity contribution in [3.63, 3.8) is 0 Å². The molecule has 2 aliphatic rings. The molecule has 0 aromatic carbocycles. The highest BCUT2D eigenvalue weighted by molar-refractivity contribution is 5.74. The molecule has 5 heteroatoms. The molecule has 1 aliphatic heterocycles. The van der Waals surface area contributed by atoms with Crippen LogP contribution in [0.3, 0.4) is 0 Å². The molecule has 0 spiro atoms. The molecule has 0 bridgehead atoms. The lowest BCUT2D eigenvalue weighted by atomic mass is 10.1. The number of aromatic nitrogens is 1. The van der Waals surface area contributed by atoms with E-state index in [1.165, 1.54) is 12.8 Å². The first-order chi connectivity index (χ1) is 10.7. The minimum absolute atomic E-state index is 0.103. The topological polar surface area (TPSA) is 48.5 Å². The van der Waals surface area contributed by atoms with Crippen LogP contribution in [0.15, 0.2) is 24.4 Å². The normalized spacial score (nSPS) is 20.7. The largest absolute Gasteiger partial charge is 0.338 e. The third-order valence-electron chi connectivity index (χ3n) is 4.79. The standard InChI is InChI=1S/C17H26N4O/c1-14(16-4-2-3-8-18-16)20-10-12-21(13-11-20)17(22)19-9-7-15-5-6-15/h2-4,8,14-15H,5-7,9-13H2,1H3,(H,19,22)/t14-/m1/s1. The fraction of sp³-hybridized carbons (Fsp3) is 0.647. The predicted molar refractivity (Wildman–Crippen MR) is 86.5 cm³/mol. The molecule has 2 fully saturated rings. The molecule has 22 heavy (non-hydrogen) atoms. The van der Waals surface area contributed by atoms with Crippen LogP contribution in [0.25, 0.3) is 0 Å². The third-order valence-corrected chi connectivity index (χ3v) is 4.79. The van der Waals surface area contributed by atoms with Crippen LogP contribution in [0.5, 0.6) is 0 Å². The van der Waals surface area contributed by atoms with Gasteiger partial charge in [-0.05, 0) is 31.4 Å². The Morgan fingerprint density at radius 2 is 2.09 bits per heavy atom. The van der Waals surface area contributed by atoms with Gasteiger partial charge in [0.1, 0.15) is 0 Å². The smallest absolute Gasteiger partial charge is 0.317 e. The molecule has 1 aromatic heterocycles. The summed E-state index contributed by atoms with van der Waals surface area (Å²) in [7, 11) is 0. The number of piperazine rings is 1. The van der Waals surface area contributed by atoms with Crippen LogP contribution in [0.4, 0.5) is 4.79 Å². The fourth-order valence-corrected chi connectivity index (χ4v) is 3.02. The number of nitrogens with one attached hydrogen (secondary N) is 1. The quantitative estimate of drug-likeness (QED) is 0.907. The second-order valence-corrected chi connectivity index (χ2v) is 6.42. The number of pyridine rings is 1. The second kappa shape index (κ2) is 7.09. The van der Waals surface area contributed by atoms with Gasteiger partial charge in [-0.15, -0.1) is 0 Å². The minimum Gasteiger partial charge on any atom is -0.338 e. The summed E-state index contributed by atoms with van der Waals surface area (Å²) in [5.74, 6) is 0.872. The van der Waals surface area contributed by atoms with Gasteiger partial charge in [0.25, 0.3) is 0 Å². The van der Waals surface area contributed by atoms with Crippen molar-refractivity contribution in [1.29, 1.82) is 0 Å². The van der Waals surface area contributed by atoms with E-state index >= 15 is 0 Å². The zero-order valence-corrected chi connectivity index (χ0v) is 13.4. The molecule has 1 saturated heterocycles. The molecule has 1 aromatic rings. The van der Waals surface area contributed by atoms with Crippen LogP contribution >= 0.6 is 0 Å². The molecule has 1 atom stereocenters. The van der Waals surface area contributed by atoms with Crippen molar-refractivity contribution in [2.45, 2.75) is 32.2 Å². The van der Waals surface area contributed by atoms with E-state index in [4.69, 9.17) is 0 Å². The van der Waals surface area contributed by atoms with Gasteiger partial charge in [0.15, 0.2) is 0 Å². The minimum atomic E-state index is 0.103. The van der Waals surface area contributed by atoms with Crippen molar-refractivity contribution in [3.05, 3.63) is 30.1 Å². The molecule has 5 nitrogen and oxygen atoms in total. The van der Waals surface area contributed by atoms with Crippen molar-refractivity contribution in [3.8, 4) is 0 Å². The highest BCUT2D eigenvalue weighted by Gasteiger charge is 2.25. The Hall–Kier alpha value is -1.62. The SMILES string of the molecule is C[C@H](c1ccccn1)N1CCN(C(=O)NCCC2CC2)CC1. The molecule has 1 aliphatic carbocycles. The summed E-state index contributed by atoms with van der Waals surface area (Å²) in [6, 6.07) is 6.46. The zero-order chi connectivity index (χ0) is 15.4. The number of urea groups is 1. The van der Waals surface area contributed by atoms with Gasteiger partial charge in [-0.3, -0.25) is 9.88 Å². The van der Waals surface area contributed by atoms with Gasteiger partial charge in [0.05, 0.1) is 5.69 Å². The van der Waals surface area contributed by atoms with Crippen molar-refractivity contribution in [1.82, 2.24) is 20.1 Å². The maximum Gasteiger partial charge on any atom is 0.317 e. The third kappa shape index (κ3) is 3.97. The lowest BCUT2D eigenvalue weighted by Gasteiger charge is -2.37. The van der Waals surface area contributed by atoms with Crippen molar-refractivity contribution in [2.75, 3.05) is 32.7 Å². The summed E-state index contributed by atoms with van der Waals surface area (Å²) in [6.07, 6.45) is 5.68. The first-order valence-corrected chi connectivity index (χ1v) is 8.42. The van der Waals surface area contributed by atoms with Gasteiger partial charge >= 0.3 is 6.03 Å². The van der Waals surface area contributed by atoms with Gasteiger partial charge in [-0.1, -0.05) is 18.9 Å². The van der Waals surface area contributed by atoms with E-state index in [1.54, 1.807) is 0 Å². The van der Waals surface area contributed by atoms with Crippen LogP contribution in [0.2, 0.25) is 0 Å². The first kappa shape index (κ1) is 15.3. The number of rotatable bonds is 5. The van der Waals surface area contributed by atoms with Crippen LogP contribution in [0, 0.1) is 5.92 Å². The van der Waals surface area contributed by atoms with Crippen molar-refractivity contribution in [2.24, 2.45) is 5.92 Å². The average Bonchev–Trinajstić information content (AvgIpc) is 3.39. The Morgan fingerprint density at radius 1 is 1.32 bits per heavy atom. The van der Waals surface area contributed by atoms with Gasteiger partial charge in [-0.2, -0.15) is 0 Å². The Kier molecular flexibility index (Phi) is 4.93. The molecular formula is C17H26N4O. The van der Waals surface area contributed by atoms with E-state index in [0.29, 0.717) is 6.04 Å². The maximum absolute atomic E-state index is 12.1. The monoisotopic (exact) mass is 302 g/mol. The average molecular weight is 302 g/mol. The highest BCUT2D eigenvalue weighted by Crippen LogP contribution is 2.31. The molecule has 3 rings (SSSR count). The Morgan fingerprint density at radius 3 is 2.73 bits per heavy atom. The molecule has 120 valence electrons. The maximum atomic E-state index is 12.1. The molecule has 2 heterocycles. The van der Waals surface area contributed by atoms with E-state index in [2.05, 4.69) is 28.2 Å². The summed E-state index contributed by atoms with van der Waals surface area (Å²) < 4.78 is 0. The van der Waals surface area contributed by atoms with Gasteiger partial charge in [-0.25, -0.2) is 4.79 Å². The predicted octanol–water partition coefficient (Wildman–Crippen LogP) is 2.27. The zero-order valence-electron chi connectivity index (χ0n) is 13.4. The van der Waals surface area contributed by atoms with E-state index in [1.807, 2.05) is 23.2 Å². The van der Waals surface area contributed by atoms with E-state index < -0.39 is 0 Å². The van der Waals surface area contributed by atoms with Gasteiger partial charge in [0.2, 0.25) is 0 Å². The Labute approximate surface area is 132 Å². The van der Waals surface area contributed by atoms with E-state index in [9.17, 15) is 4.79 Å². The van der Waals surface area contributed by atoms with Crippen LogP contribution < -0.4 is 5.32 Å². The molecular weight excluding hydrogens is 276 g/mol. The van der Waals surface area contributed by atoms with Gasteiger partial charge in [0, 0.05) is 45.0 Å². The lowest BCUT2D eigenvalue weighted by Crippen LogP contribution is -2.52. The number of carbonyl (C=O) groups is 1. The summed E-state index contributed by atoms with van der Waals surface area (Å²) >= 11 is 0. The number of nitrogens with zero attached hydrogens (tertiary/aromatic N) is 3. The molecule has 1 N–H and O–H groups in total. The van der Waals surface area contributed by atoms with Crippen molar-refractivity contribution >= 4 is 6.03 Å². The second-order valence-electron chi connectivity index (χ2n) is 6.42. The Bertz CT molecular complexity index is 481. The number of hydrogen-bond acceptors (Lipinski definition) is 3. The first-order valence-electron chi connectivity index (χ1n) is 8.42. The number of amides is 2. The fourth-order valence-electron chi connectivity index (χ4n) is 3.02. The summed E-state index contributed by atoms with van der Waals surface area (Å²) in [5, 5.41) is 3.06. The number of hydrogen-bond donors (Lipinski definition) is 1. The van der Waals surface area contributed by atoms with Crippen LogP contribution in [0.1, 0.15) is 37.9 Å². The summed E-state index contributed by atoms with van der Waals surface area (Å²) in [5.41, 5.74) is 1.10. The van der Waals surface area contributed by atoms with Gasteiger partial charge < -0.3 is 10.2 Å². The lowest BCUT2D eigenvalue weighted by molar-refractivity contribution is 0.112. The summed E-state index contributed by atoms with van der Waals surface area (Å²) in [6.45, 7) is 6.43. The van der Waals surface area contributed by atoms with E-state index in [-0.39, 0.29) is 6.03 Å². The molecule has 0 radical (unpaired) electrons. The number of carbonyl (C=O) groups excluding carboxylic acids is 1. The highest BCUT2D eigenvalue weighted by atomic mass is 16.2. The molecule has 2 amide bonds. The van der Waals surface area contributed by atoms with Crippen molar-refractivity contribution < 1.29 is 4.79 Å². The molecule has 0 unspecified atom stereocenters. The molecule has 1 saturated carbocycles. The van der Waals surface area contributed by atoms with E-state index in [0.717, 1.165) is 50.8 Å². The summed E-state index contributed by atoms with van der Waals surface area (Å²) in [4.78, 5) is 20.9. The van der Waals surface area contributed by atoms with Crippen LogP contribution in [-0.4, -0.2) is 53.5 Å². The Balaban J connectivity index is 1.42. The van der Waals surface area contributed by atoms with Crippen LogP contribution in [-0.2, 0) is 0 Å².